The van der Waals surface area contributed by atoms with Gasteiger partial charge in [-0.15, -0.1) is 0 Å². The minimum absolute atomic E-state index is 0.0169. The van der Waals surface area contributed by atoms with Gasteiger partial charge in [0.15, 0.2) is 0 Å². The first-order chi connectivity index (χ1) is 9.04. The number of rotatable bonds is 2. The highest BCUT2D eigenvalue weighted by Gasteiger charge is 2.50. The monoisotopic (exact) mass is 303 g/mol. The lowest BCUT2D eigenvalue weighted by atomic mass is 9.90. The van der Waals surface area contributed by atoms with Gasteiger partial charge >= 0.3 is 6.03 Å². The predicted octanol–water partition coefficient (Wildman–Crippen LogP) is 0.0363. The van der Waals surface area contributed by atoms with Crippen LogP contribution in [0, 0.1) is 5.41 Å². The number of piperidine rings is 1. The van der Waals surface area contributed by atoms with E-state index in [1.807, 2.05) is 20.8 Å². The standard InChI is InChI=1S/C12H21N3O4S/c1-11(2,3)8-20(18,19)15-6-4-5-12(7-15)9(16)13-10(17)14-12/h4-8H2,1-3H3,(H2,13,14,16,17). The number of sulfonamides is 1. The Hall–Kier alpha value is -1.15. The number of hydrogen-bond donors (Lipinski definition) is 2. The van der Waals surface area contributed by atoms with Gasteiger partial charge in [-0.3, -0.25) is 10.1 Å². The summed E-state index contributed by atoms with van der Waals surface area (Å²) >= 11 is 0. The van der Waals surface area contributed by atoms with Gasteiger partial charge in [-0.05, 0) is 18.3 Å². The molecule has 0 aliphatic carbocycles. The number of imide groups is 1. The van der Waals surface area contributed by atoms with Crippen molar-refractivity contribution in [2.75, 3.05) is 18.8 Å². The molecule has 2 fully saturated rings. The minimum atomic E-state index is -3.44. The lowest BCUT2D eigenvalue weighted by Crippen LogP contribution is -2.60. The highest BCUT2D eigenvalue weighted by atomic mass is 32.2. The first kappa shape index (κ1) is 15.2. The van der Waals surface area contributed by atoms with Crippen molar-refractivity contribution in [3.8, 4) is 0 Å². The van der Waals surface area contributed by atoms with E-state index in [4.69, 9.17) is 0 Å². The van der Waals surface area contributed by atoms with Gasteiger partial charge in [0.2, 0.25) is 10.0 Å². The van der Waals surface area contributed by atoms with Crippen LogP contribution in [0.5, 0.6) is 0 Å². The van der Waals surface area contributed by atoms with Crippen molar-refractivity contribution < 1.29 is 18.0 Å². The van der Waals surface area contributed by atoms with E-state index < -0.39 is 27.5 Å². The van der Waals surface area contributed by atoms with Gasteiger partial charge in [-0.25, -0.2) is 13.2 Å². The van der Waals surface area contributed by atoms with Crippen LogP contribution in [0.1, 0.15) is 33.6 Å². The van der Waals surface area contributed by atoms with E-state index >= 15 is 0 Å². The molecule has 2 saturated heterocycles. The van der Waals surface area contributed by atoms with Gasteiger partial charge in [0, 0.05) is 13.1 Å². The van der Waals surface area contributed by atoms with Gasteiger partial charge in [0.25, 0.3) is 5.91 Å². The van der Waals surface area contributed by atoms with Crippen molar-refractivity contribution in [3.63, 3.8) is 0 Å². The quantitative estimate of drug-likeness (QED) is 0.704. The lowest BCUT2D eigenvalue weighted by Gasteiger charge is -2.38. The second-order valence-electron chi connectivity index (χ2n) is 6.74. The number of nitrogens with zero attached hydrogens (tertiary/aromatic N) is 1. The Labute approximate surface area is 119 Å². The summed E-state index contributed by atoms with van der Waals surface area (Å²) in [4.78, 5) is 23.2. The summed E-state index contributed by atoms with van der Waals surface area (Å²) in [6, 6.07) is -0.551. The van der Waals surface area contributed by atoms with E-state index in [9.17, 15) is 18.0 Å². The molecule has 20 heavy (non-hydrogen) atoms. The predicted molar refractivity (Wildman–Crippen MR) is 73.5 cm³/mol. The number of carbonyl (C=O) groups is 2. The molecule has 0 radical (unpaired) electrons. The molecule has 0 aromatic rings. The maximum Gasteiger partial charge on any atom is 0.322 e. The van der Waals surface area contributed by atoms with Crippen molar-refractivity contribution in [2.24, 2.45) is 5.41 Å². The molecule has 7 nitrogen and oxygen atoms in total. The Morgan fingerprint density at radius 2 is 1.95 bits per heavy atom. The molecule has 2 aliphatic rings. The summed E-state index contributed by atoms with van der Waals surface area (Å²) in [7, 11) is -3.44. The van der Waals surface area contributed by atoms with E-state index in [0.717, 1.165) is 0 Å². The maximum atomic E-state index is 12.4. The molecular formula is C12H21N3O4S. The van der Waals surface area contributed by atoms with E-state index in [1.54, 1.807) is 0 Å². The molecule has 1 atom stereocenters. The molecule has 1 unspecified atom stereocenters. The molecule has 2 rings (SSSR count). The summed E-state index contributed by atoms with van der Waals surface area (Å²) in [6.07, 6.45) is 1.02. The molecule has 0 saturated carbocycles. The van der Waals surface area contributed by atoms with Crippen LogP contribution in [-0.2, 0) is 14.8 Å². The summed E-state index contributed by atoms with van der Waals surface area (Å²) < 4.78 is 26.1. The van der Waals surface area contributed by atoms with Crippen molar-refractivity contribution in [3.05, 3.63) is 0 Å². The third-order valence-electron chi connectivity index (χ3n) is 3.48. The third kappa shape index (κ3) is 2.95. The maximum absolute atomic E-state index is 12.4. The van der Waals surface area contributed by atoms with E-state index in [0.29, 0.717) is 19.4 Å². The zero-order valence-electron chi connectivity index (χ0n) is 12.0. The van der Waals surface area contributed by atoms with E-state index in [-0.39, 0.29) is 17.7 Å². The zero-order valence-corrected chi connectivity index (χ0v) is 12.8. The van der Waals surface area contributed by atoms with Gasteiger partial charge < -0.3 is 5.32 Å². The fourth-order valence-corrected chi connectivity index (χ4v) is 4.81. The normalized spacial score (nSPS) is 28.6. The van der Waals surface area contributed by atoms with Gasteiger partial charge in [-0.2, -0.15) is 4.31 Å². The average molecular weight is 303 g/mol. The van der Waals surface area contributed by atoms with Gasteiger partial charge in [0.05, 0.1) is 5.75 Å². The van der Waals surface area contributed by atoms with E-state index in [1.165, 1.54) is 4.31 Å². The lowest BCUT2D eigenvalue weighted by molar-refractivity contribution is -0.125. The Morgan fingerprint density at radius 3 is 2.45 bits per heavy atom. The molecule has 0 bridgehead atoms. The number of amides is 3. The summed E-state index contributed by atoms with van der Waals surface area (Å²) in [5.74, 6) is -0.413. The Morgan fingerprint density at radius 1 is 1.30 bits per heavy atom. The first-order valence-corrected chi connectivity index (χ1v) is 8.27. The summed E-state index contributed by atoms with van der Waals surface area (Å²) in [5.41, 5.74) is -1.45. The Bertz CT molecular complexity index is 537. The molecule has 2 N–H and O–H groups in total. The third-order valence-corrected chi connectivity index (χ3v) is 5.81. The first-order valence-electron chi connectivity index (χ1n) is 6.66. The zero-order chi connectivity index (χ0) is 15.2. The van der Waals surface area contributed by atoms with Crippen LogP contribution in [0.4, 0.5) is 4.79 Å². The highest BCUT2D eigenvalue weighted by Crippen LogP contribution is 2.28. The Kier molecular flexibility index (Phi) is 3.58. The van der Waals surface area contributed by atoms with Crippen LogP contribution < -0.4 is 10.6 Å². The molecule has 3 amide bonds. The van der Waals surface area contributed by atoms with Crippen molar-refractivity contribution >= 4 is 22.0 Å². The molecule has 0 aromatic heterocycles. The van der Waals surface area contributed by atoms with Gasteiger partial charge in [-0.1, -0.05) is 20.8 Å². The van der Waals surface area contributed by atoms with Crippen LogP contribution >= 0.6 is 0 Å². The Balaban J connectivity index is 2.19. The van der Waals surface area contributed by atoms with Crippen LogP contribution in [0.25, 0.3) is 0 Å². The van der Waals surface area contributed by atoms with Crippen molar-refractivity contribution in [1.82, 2.24) is 14.9 Å². The average Bonchev–Trinajstić information content (AvgIpc) is 2.50. The second kappa shape index (κ2) is 4.70. The number of carbonyl (C=O) groups excluding carboxylic acids is 2. The largest absolute Gasteiger partial charge is 0.322 e. The van der Waals surface area contributed by atoms with Crippen LogP contribution in [0.3, 0.4) is 0 Å². The molecule has 0 aromatic carbocycles. The van der Waals surface area contributed by atoms with Crippen LogP contribution in [0.2, 0.25) is 0 Å². The SMILES string of the molecule is CC(C)(C)CS(=O)(=O)N1CCCC2(C1)NC(=O)NC2=O. The molecule has 8 heteroatoms. The molecule has 2 heterocycles. The number of urea groups is 1. The second-order valence-corrected chi connectivity index (χ2v) is 8.71. The molecule has 1 spiro atoms. The fraction of sp³-hybridized carbons (Fsp3) is 0.833. The fourth-order valence-electron chi connectivity index (χ4n) is 2.71. The number of hydrogen-bond acceptors (Lipinski definition) is 4. The van der Waals surface area contributed by atoms with Crippen molar-refractivity contribution in [1.29, 1.82) is 0 Å². The summed E-state index contributed by atoms with van der Waals surface area (Å²) in [5, 5.41) is 4.77. The highest BCUT2D eigenvalue weighted by molar-refractivity contribution is 7.89. The van der Waals surface area contributed by atoms with Crippen molar-refractivity contribution in [2.45, 2.75) is 39.2 Å². The van der Waals surface area contributed by atoms with E-state index in [2.05, 4.69) is 10.6 Å². The molecule has 2 aliphatic heterocycles. The summed E-state index contributed by atoms with van der Waals surface area (Å²) in [6.45, 7) is 5.98. The molecule has 114 valence electrons. The topological polar surface area (TPSA) is 95.6 Å². The molecular weight excluding hydrogens is 282 g/mol. The van der Waals surface area contributed by atoms with Gasteiger partial charge in [0.1, 0.15) is 5.54 Å². The number of nitrogens with one attached hydrogen (secondary N) is 2. The van der Waals surface area contributed by atoms with Crippen LogP contribution in [0.15, 0.2) is 0 Å². The minimum Gasteiger partial charge on any atom is -0.322 e. The smallest absolute Gasteiger partial charge is 0.322 e. The van der Waals surface area contributed by atoms with Crippen LogP contribution in [-0.4, -0.2) is 49.0 Å².